The molecule has 142 valence electrons. The second-order valence-corrected chi connectivity index (χ2v) is 7.54. The van der Waals surface area contributed by atoms with Gasteiger partial charge in [0.25, 0.3) is 0 Å². The number of pyridine rings is 1. The number of carbonyl (C=O) groups is 1. The van der Waals surface area contributed by atoms with E-state index in [0.29, 0.717) is 18.3 Å². The van der Waals surface area contributed by atoms with Crippen molar-refractivity contribution in [2.75, 3.05) is 31.1 Å². The lowest BCUT2D eigenvalue weighted by Gasteiger charge is -2.36. The van der Waals surface area contributed by atoms with Crippen LogP contribution in [0, 0.1) is 5.92 Å². The van der Waals surface area contributed by atoms with Crippen molar-refractivity contribution in [2.45, 2.75) is 39.0 Å². The van der Waals surface area contributed by atoms with E-state index in [9.17, 15) is 4.79 Å². The number of amides is 1. The molecule has 0 bridgehead atoms. The van der Waals surface area contributed by atoms with Crippen LogP contribution in [0.2, 0.25) is 0 Å². The van der Waals surface area contributed by atoms with Crippen molar-refractivity contribution >= 4 is 11.7 Å². The molecule has 1 amide bonds. The maximum absolute atomic E-state index is 12.7. The minimum absolute atomic E-state index is 0.218. The average molecular weight is 365 g/mol. The van der Waals surface area contributed by atoms with E-state index >= 15 is 0 Å². The zero-order valence-corrected chi connectivity index (χ0v) is 16.0. The number of hydrogen-bond acceptors (Lipinski definition) is 5. The zero-order valence-electron chi connectivity index (χ0n) is 16.0. The second-order valence-electron chi connectivity index (χ2n) is 7.54. The Morgan fingerprint density at radius 2 is 1.89 bits per heavy atom. The Morgan fingerprint density at radius 3 is 2.59 bits per heavy atom. The summed E-state index contributed by atoms with van der Waals surface area (Å²) in [5.74, 6) is 2.47. The summed E-state index contributed by atoms with van der Waals surface area (Å²) >= 11 is 0. The fourth-order valence-electron chi connectivity index (χ4n) is 4.06. The van der Waals surface area contributed by atoms with Crippen LogP contribution in [0.15, 0.2) is 30.6 Å². The van der Waals surface area contributed by atoms with Crippen molar-refractivity contribution in [1.29, 1.82) is 0 Å². The lowest BCUT2D eigenvalue weighted by atomic mass is 10.1. The summed E-state index contributed by atoms with van der Waals surface area (Å²) in [5, 5.41) is 0. The van der Waals surface area contributed by atoms with Crippen molar-refractivity contribution in [1.82, 2.24) is 19.9 Å². The first-order valence-corrected chi connectivity index (χ1v) is 10.0. The van der Waals surface area contributed by atoms with E-state index < -0.39 is 0 Å². The van der Waals surface area contributed by atoms with Gasteiger partial charge in [0.2, 0.25) is 5.91 Å². The van der Waals surface area contributed by atoms with Crippen LogP contribution in [-0.4, -0.2) is 51.9 Å². The number of aryl methyl sites for hydroxylation is 1. The summed E-state index contributed by atoms with van der Waals surface area (Å²) in [6.07, 6.45) is 9.52. The summed E-state index contributed by atoms with van der Waals surface area (Å²) in [6.45, 7) is 5.04. The van der Waals surface area contributed by atoms with Gasteiger partial charge in [-0.2, -0.15) is 0 Å². The summed E-state index contributed by atoms with van der Waals surface area (Å²) in [7, 11) is 0. The monoisotopic (exact) mass is 365 g/mol. The number of piperazine rings is 1. The third-order valence-electron chi connectivity index (χ3n) is 5.66. The molecule has 1 aliphatic heterocycles. The van der Waals surface area contributed by atoms with Crippen molar-refractivity contribution in [3.63, 3.8) is 0 Å². The van der Waals surface area contributed by atoms with Crippen molar-refractivity contribution in [3.05, 3.63) is 36.3 Å². The van der Waals surface area contributed by atoms with Crippen LogP contribution in [0.25, 0.3) is 11.4 Å². The molecule has 1 saturated heterocycles. The molecule has 2 aromatic rings. The Bertz CT molecular complexity index is 788. The molecular weight excluding hydrogens is 338 g/mol. The molecule has 2 aliphatic rings. The third kappa shape index (κ3) is 4.10. The van der Waals surface area contributed by atoms with E-state index in [-0.39, 0.29) is 5.91 Å². The highest BCUT2D eigenvalue weighted by molar-refractivity contribution is 5.82. The Kier molecular flexibility index (Phi) is 5.32. The highest BCUT2D eigenvalue weighted by atomic mass is 16.2. The standard InChI is InChI=1S/C21H27N5O/c1-2-18-13-19(24-21(23-18)17-7-9-22-10-8-17)25-11-12-26(20(27)15-25)14-16-5-3-4-6-16/h7-10,13,16H,2-6,11-12,14-15H2,1H3. The van der Waals surface area contributed by atoms with Crippen molar-refractivity contribution in [2.24, 2.45) is 5.92 Å². The first-order chi connectivity index (χ1) is 13.2. The van der Waals surface area contributed by atoms with Gasteiger partial charge in [0.05, 0.1) is 6.54 Å². The third-order valence-corrected chi connectivity index (χ3v) is 5.66. The minimum Gasteiger partial charge on any atom is -0.345 e. The zero-order chi connectivity index (χ0) is 18.6. The van der Waals surface area contributed by atoms with Gasteiger partial charge in [-0.15, -0.1) is 0 Å². The van der Waals surface area contributed by atoms with Crippen molar-refractivity contribution < 1.29 is 4.79 Å². The number of nitrogens with zero attached hydrogens (tertiary/aromatic N) is 5. The SMILES string of the molecule is CCc1cc(N2CCN(CC3CCCC3)C(=O)C2)nc(-c2ccncc2)n1. The molecule has 0 atom stereocenters. The van der Waals surface area contributed by atoms with Gasteiger partial charge in [-0.05, 0) is 37.3 Å². The van der Waals surface area contributed by atoms with Crippen LogP contribution in [0.1, 0.15) is 38.3 Å². The molecule has 1 aliphatic carbocycles. The number of anilines is 1. The minimum atomic E-state index is 0.218. The molecule has 0 N–H and O–H groups in total. The molecular formula is C21H27N5O. The fourth-order valence-corrected chi connectivity index (χ4v) is 4.06. The number of carbonyl (C=O) groups excluding carboxylic acids is 1. The van der Waals surface area contributed by atoms with Gasteiger partial charge in [-0.25, -0.2) is 9.97 Å². The topological polar surface area (TPSA) is 62.2 Å². The van der Waals surface area contributed by atoms with Crippen LogP contribution in [0.4, 0.5) is 5.82 Å². The molecule has 4 rings (SSSR count). The normalized spacial score (nSPS) is 18.3. The first kappa shape index (κ1) is 17.9. The van der Waals surface area contributed by atoms with Gasteiger partial charge >= 0.3 is 0 Å². The lowest BCUT2D eigenvalue weighted by Crippen LogP contribution is -2.51. The van der Waals surface area contributed by atoms with Gasteiger partial charge in [-0.3, -0.25) is 9.78 Å². The Balaban J connectivity index is 1.51. The molecule has 0 spiro atoms. The fraction of sp³-hybridized carbons (Fsp3) is 0.524. The lowest BCUT2D eigenvalue weighted by molar-refractivity contribution is -0.131. The predicted molar refractivity (Wildman–Crippen MR) is 105 cm³/mol. The van der Waals surface area contributed by atoms with Crippen LogP contribution in [0.3, 0.4) is 0 Å². The summed E-state index contributed by atoms with van der Waals surface area (Å²) in [4.78, 5) is 30.3. The van der Waals surface area contributed by atoms with Gasteiger partial charge in [0, 0.05) is 49.4 Å². The van der Waals surface area contributed by atoms with Crippen molar-refractivity contribution in [3.8, 4) is 11.4 Å². The average Bonchev–Trinajstić information content (AvgIpc) is 3.23. The molecule has 3 heterocycles. The van der Waals surface area contributed by atoms with E-state index in [1.165, 1.54) is 25.7 Å². The molecule has 6 nitrogen and oxygen atoms in total. The molecule has 2 fully saturated rings. The first-order valence-electron chi connectivity index (χ1n) is 10.0. The van der Waals surface area contributed by atoms with Gasteiger partial charge in [0.1, 0.15) is 5.82 Å². The highest BCUT2D eigenvalue weighted by Gasteiger charge is 2.28. The molecule has 27 heavy (non-hydrogen) atoms. The Labute approximate surface area is 160 Å². The second kappa shape index (κ2) is 8.03. The van der Waals surface area contributed by atoms with E-state index in [2.05, 4.69) is 26.7 Å². The molecule has 0 unspecified atom stereocenters. The van der Waals surface area contributed by atoms with Gasteiger partial charge < -0.3 is 9.80 Å². The van der Waals surface area contributed by atoms with Crippen LogP contribution in [-0.2, 0) is 11.2 Å². The number of aromatic nitrogens is 3. The van der Waals surface area contributed by atoms with Crippen LogP contribution >= 0.6 is 0 Å². The molecule has 6 heteroatoms. The maximum Gasteiger partial charge on any atom is 0.242 e. The van der Waals surface area contributed by atoms with Gasteiger partial charge in [0.15, 0.2) is 5.82 Å². The maximum atomic E-state index is 12.7. The smallest absolute Gasteiger partial charge is 0.242 e. The number of rotatable bonds is 5. The Hall–Kier alpha value is -2.50. The molecule has 0 aromatic carbocycles. The summed E-state index contributed by atoms with van der Waals surface area (Å²) in [6, 6.07) is 5.86. The highest BCUT2D eigenvalue weighted by Crippen LogP contribution is 2.27. The van der Waals surface area contributed by atoms with Crippen LogP contribution < -0.4 is 4.90 Å². The quantitative estimate of drug-likeness (QED) is 0.815. The van der Waals surface area contributed by atoms with Crippen LogP contribution in [0.5, 0.6) is 0 Å². The van der Waals surface area contributed by atoms with E-state index in [1.807, 2.05) is 18.2 Å². The van der Waals surface area contributed by atoms with Gasteiger partial charge in [-0.1, -0.05) is 19.8 Å². The summed E-state index contributed by atoms with van der Waals surface area (Å²) in [5.41, 5.74) is 1.94. The Morgan fingerprint density at radius 1 is 1.11 bits per heavy atom. The predicted octanol–water partition coefficient (Wildman–Crippen LogP) is 2.94. The molecule has 0 radical (unpaired) electrons. The van der Waals surface area contributed by atoms with E-state index in [4.69, 9.17) is 4.98 Å². The van der Waals surface area contributed by atoms with E-state index in [1.54, 1.807) is 12.4 Å². The molecule has 2 aromatic heterocycles. The largest absolute Gasteiger partial charge is 0.345 e. The summed E-state index contributed by atoms with van der Waals surface area (Å²) < 4.78 is 0. The molecule has 1 saturated carbocycles. The van der Waals surface area contributed by atoms with E-state index in [0.717, 1.165) is 43.1 Å². The number of hydrogen-bond donors (Lipinski definition) is 0.